The Morgan fingerprint density at radius 3 is 2.75 bits per heavy atom. The molecule has 2 heterocycles. The van der Waals surface area contributed by atoms with Gasteiger partial charge in [0.1, 0.15) is 0 Å². The van der Waals surface area contributed by atoms with Gasteiger partial charge in [-0.2, -0.15) is 10.1 Å². The van der Waals surface area contributed by atoms with Crippen molar-refractivity contribution in [2.45, 2.75) is 6.54 Å². The average Bonchev–Trinajstić information content (AvgIpc) is 3.01. The van der Waals surface area contributed by atoms with Crippen LogP contribution in [0.3, 0.4) is 0 Å². The summed E-state index contributed by atoms with van der Waals surface area (Å²) < 4.78 is 8.98. The molecule has 0 saturated carbocycles. The summed E-state index contributed by atoms with van der Waals surface area (Å²) in [5, 5.41) is 13.7. The van der Waals surface area contributed by atoms with Crippen molar-refractivity contribution in [1.82, 2.24) is 18.7 Å². The number of hydrazone groups is 1. The Morgan fingerprint density at radius 1 is 1.32 bits per heavy atom. The zero-order valence-electron chi connectivity index (χ0n) is 15.7. The number of nitrogens with one attached hydrogen (secondary N) is 1. The lowest BCUT2D eigenvalue weighted by Gasteiger charge is -2.06. The van der Waals surface area contributed by atoms with E-state index in [1.165, 1.54) is 34.6 Å². The number of hydrogen-bond donors (Lipinski definition) is 2. The molecule has 0 aliphatic rings. The molecule has 3 rings (SSSR count). The Bertz CT molecular complexity index is 1200. The molecule has 2 aromatic heterocycles. The van der Waals surface area contributed by atoms with Crippen LogP contribution in [0.25, 0.3) is 11.2 Å². The van der Waals surface area contributed by atoms with Crippen LogP contribution in [0.15, 0.2) is 45.5 Å². The summed E-state index contributed by atoms with van der Waals surface area (Å²) in [6.07, 6.45) is 3.00. The highest BCUT2D eigenvalue weighted by molar-refractivity contribution is 5.81. The van der Waals surface area contributed by atoms with Crippen molar-refractivity contribution >= 4 is 23.3 Å². The van der Waals surface area contributed by atoms with E-state index in [1.807, 2.05) is 0 Å². The van der Waals surface area contributed by atoms with Crippen molar-refractivity contribution in [2.75, 3.05) is 12.5 Å². The van der Waals surface area contributed by atoms with Gasteiger partial charge < -0.3 is 14.4 Å². The van der Waals surface area contributed by atoms with Crippen molar-refractivity contribution in [1.29, 1.82) is 0 Å². The number of fused-ring (bicyclic) bond motifs is 1. The first kappa shape index (κ1) is 19.0. The number of aromatic nitrogens is 4. The fourth-order valence-electron chi connectivity index (χ4n) is 2.77. The standard InChI is InChI=1S/C18H20N6O4/c1-5-8-24-16(26)14-15(23(3)18(24)27)20-17(22(14)2)21-19-10-11-6-7-12(25)13(9-11)28-4/h5-7,9-10,25H,1,8H2,2-4H3,(H,20,21). The quantitative estimate of drug-likeness (QED) is 0.369. The lowest BCUT2D eigenvalue weighted by Crippen LogP contribution is -2.39. The summed E-state index contributed by atoms with van der Waals surface area (Å²) in [5.74, 6) is 0.643. The predicted octanol–water partition coefficient (Wildman–Crippen LogP) is 0.780. The number of imidazole rings is 1. The number of hydrogen-bond acceptors (Lipinski definition) is 7. The largest absolute Gasteiger partial charge is 0.504 e. The average molecular weight is 384 g/mol. The number of methoxy groups -OCH3 is 1. The monoisotopic (exact) mass is 384 g/mol. The minimum absolute atomic E-state index is 0.0275. The molecule has 1 aromatic carbocycles. The Balaban J connectivity index is 1.99. The molecule has 0 fully saturated rings. The van der Waals surface area contributed by atoms with Crippen LogP contribution in [0.2, 0.25) is 0 Å². The zero-order chi connectivity index (χ0) is 20.4. The summed E-state index contributed by atoms with van der Waals surface area (Å²) in [6, 6.07) is 4.77. The van der Waals surface area contributed by atoms with Gasteiger partial charge in [-0.1, -0.05) is 6.08 Å². The molecular formula is C18H20N6O4. The van der Waals surface area contributed by atoms with Gasteiger partial charge in [-0.3, -0.25) is 13.9 Å². The summed E-state index contributed by atoms with van der Waals surface area (Å²) in [4.78, 5) is 29.3. The number of phenolic OH excluding ortho intramolecular Hbond substituents is 1. The molecule has 0 atom stereocenters. The van der Waals surface area contributed by atoms with E-state index >= 15 is 0 Å². The minimum atomic E-state index is -0.471. The molecule has 28 heavy (non-hydrogen) atoms. The molecule has 10 nitrogen and oxygen atoms in total. The van der Waals surface area contributed by atoms with Crippen molar-refractivity contribution in [2.24, 2.45) is 19.2 Å². The van der Waals surface area contributed by atoms with E-state index in [0.717, 1.165) is 4.57 Å². The molecule has 0 aliphatic heterocycles. The zero-order valence-corrected chi connectivity index (χ0v) is 15.7. The van der Waals surface area contributed by atoms with Gasteiger partial charge >= 0.3 is 5.69 Å². The number of aromatic hydroxyl groups is 1. The lowest BCUT2D eigenvalue weighted by molar-refractivity contribution is 0.373. The van der Waals surface area contributed by atoms with Crippen molar-refractivity contribution < 1.29 is 9.84 Å². The molecule has 146 valence electrons. The van der Waals surface area contributed by atoms with Crippen LogP contribution in [0.5, 0.6) is 11.5 Å². The molecular weight excluding hydrogens is 364 g/mol. The summed E-state index contributed by atoms with van der Waals surface area (Å²) in [6.45, 7) is 3.68. The fraction of sp³-hybridized carbons (Fsp3) is 0.222. The van der Waals surface area contributed by atoms with Gasteiger partial charge in [-0.25, -0.2) is 10.2 Å². The third kappa shape index (κ3) is 3.15. The van der Waals surface area contributed by atoms with E-state index < -0.39 is 11.2 Å². The van der Waals surface area contributed by atoms with Crippen molar-refractivity contribution in [3.8, 4) is 11.5 Å². The Kier molecular flexibility index (Phi) is 5.03. The van der Waals surface area contributed by atoms with Crippen LogP contribution in [-0.2, 0) is 20.6 Å². The maximum absolute atomic E-state index is 12.7. The van der Waals surface area contributed by atoms with E-state index in [1.54, 1.807) is 26.2 Å². The van der Waals surface area contributed by atoms with Crippen LogP contribution in [0.4, 0.5) is 5.95 Å². The highest BCUT2D eigenvalue weighted by Crippen LogP contribution is 2.25. The van der Waals surface area contributed by atoms with Crippen LogP contribution < -0.4 is 21.4 Å². The number of rotatable bonds is 6. The van der Waals surface area contributed by atoms with E-state index in [9.17, 15) is 14.7 Å². The Hall–Kier alpha value is -3.82. The van der Waals surface area contributed by atoms with Crippen LogP contribution >= 0.6 is 0 Å². The predicted molar refractivity (Wildman–Crippen MR) is 106 cm³/mol. The topological polar surface area (TPSA) is 116 Å². The van der Waals surface area contributed by atoms with Crippen molar-refractivity contribution in [3.63, 3.8) is 0 Å². The number of anilines is 1. The summed E-state index contributed by atoms with van der Waals surface area (Å²) in [5.41, 5.74) is 3.05. The van der Waals surface area contributed by atoms with E-state index in [0.29, 0.717) is 17.3 Å². The molecule has 10 heteroatoms. The maximum Gasteiger partial charge on any atom is 0.332 e. The van der Waals surface area contributed by atoms with Gasteiger partial charge in [-0.05, 0) is 23.8 Å². The maximum atomic E-state index is 12.7. The molecule has 0 bridgehead atoms. The van der Waals surface area contributed by atoms with E-state index in [2.05, 4.69) is 22.1 Å². The van der Waals surface area contributed by atoms with E-state index in [-0.39, 0.29) is 23.5 Å². The molecule has 0 unspecified atom stereocenters. The highest BCUT2D eigenvalue weighted by Gasteiger charge is 2.17. The molecule has 0 spiro atoms. The van der Waals surface area contributed by atoms with Gasteiger partial charge in [-0.15, -0.1) is 6.58 Å². The number of aryl methyl sites for hydroxylation is 2. The molecule has 3 aromatic rings. The number of benzene rings is 1. The fourth-order valence-corrected chi connectivity index (χ4v) is 2.77. The summed E-state index contributed by atoms with van der Waals surface area (Å²) in [7, 11) is 4.66. The Labute approximate surface area is 159 Å². The van der Waals surface area contributed by atoms with Gasteiger partial charge in [0.25, 0.3) is 5.56 Å². The normalized spacial score (nSPS) is 11.2. The smallest absolute Gasteiger partial charge is 0.332 e. The molecule has 0 amide bonds. The first-order valence-corrected chi connectivity index (χ1v) is 8.32. The number of allylic oxidation sites excluding steroid dienone is 1. The number of nitrogens with zero attached hydrogens (tertiary/aromatic N) is 5. The minimum Gasteiger partial charge on any atom is -0.504 e. The third-order valence-electron chi connectivity index (χ3n) is 4.25. The number of phenols is 1. The second kappa shape index (κ2) is 7.43. The van der Waals surface area contributed by atoms with Gasteiger partial charge in [0, 0.05) is 20.6 Å². The van der Waals surface area contributed by atoms with Crippen LogP contribution in [0, 0.1) is 0 Å². The molecule has 2 N–H and O–H groups in total. The molecule has 0 radical (unpaired) electrons. The SMILES string of the molecule is C=CCn1c(=O)c2c(nc(NN=Cc3ccc(O)c(OC)c3)n2C)n(C)c1=O. The van der Waals surface area contributed by atoms with Gasteiger partial charge in [0.05, 0.1) is 13.3 Å². The first-order chi connectivity index (χ1) is 13.4. The Morgan fingerprint density at radius 2 is 2.07 bits per heavy atom. The first-order valence-electron chi connectivity index (χ1n) is 8.32. The van der Waals surface area contributed by atoms with Gasteiger partial charge in [0.2, 0.25) is 5.95 Å². The van der Waals surface area contributed by atoms with E-state index in [4.69, 9.17) is 4.74 Å². The van der Waals surface area contributed by atoms with Gasteiger partial charge in [0.15, 0.2) is 22.7 Å². The number of ether oxygens (including phenoxy) is 1. The van der Waals surface area contributed by atoms with Crippen molar-refractivity contribution in [3.05, 3.63) is 57.3 Å². The second-order valence-electron chi connectivity index (χ2n) is 6.01. The summed E-state index contributed by atoms with van der Waals surface area (Å²) >= 11 is 0. The third-order valence-corrected chi connectivity index (χ3v) is 4.25. The molecule has 0 aliphatic carbocycles. The second-order valence-corrected chi connectivity index (χ2v) is 6.01. The molecule has 0 saturated heterocycles. The van der Waals surface area contributed by atoms with Crippen LogP contribution in [-0.4, -0.2) is 37.1 Å². The van der Waals surface area contributed by atoms with Crippen LogP contribution in [0.1, 0.15) is 5.56 Å². The lowest BCUT2D eigenvalue weighted by atomic mass is 10.2. The highest BCUT2D eigenvalue weighted by atomic mass is 16.5.